The van der Waals surface area contributed by atoms with Crippen LogP contribution in [0, 0.1) is 0 Å². The summed E-state index contributed by atoms with van der Waals surface area (Å²) in [5, 5.41) is 2.17. The third-order valence-electron chi connectivity index (χ3n) is 4.12. The zero-order chi connectivity index (χ0) is 21.8. The van der Waals surface area contributed by atoms with E-state index in [1.807, 2.05) is 35.0 Å². The largest absolute Gasteiger partial charge is 0.487 e. The highest BCUT2D eigenvalue weighted by Gasteiger charge is 2.32. The molecular formula is C21H15F3N4O2S. The van der Waals surface area contributed by atoms with Gasteiger partial charge in [0.2, 0.25) is 0 Å². The third-order valence-corrected chi connectivity index (χ3v) is 4.87. The summed E-state index contributed by atoms with van der Waals surface area (Å²) in [4.78, 5) is 20.6. The lowest BCUT2D eigenvalue weighted by Crippen LogP contribution is -2.15. The number of thioether (sulfide) groups is 1. The second-order valence-corrected chi connectivity index (χ2v) is 7.43. The van der Waals surface area contributed by atoms with Gasteiger partial charge in [-0.15, -0.1) is 0 Å². The van der Waals surface area contributed by atoms with E-state index < -0.39 is 28.2 Å². The van der Waals surface area contributed by atoms with Gasteiger partial charge in [0, 0.05) is 42.1 Å². The van der Waals surface area contributed by atoms with E-state index in [0.29, 0.717) is 11.4 Å². The Bertz CT molecular complexity index is 1190. The van der Waals surface area contributed by atoms with Crippen molar-refractivity contribution in [1.82, 2.24) is 14.4 Å². The van der Waals surface area contributed by atoms with Gasteiger partial charge in [-0.1, -0.05) is 12.1 Å². The molecular weight excluding hydrogens is 429 g/mol. The Balaban J connectivity index is 1.44. The number of ether oxygens (including phenoxy) is 1. The summed E-state index contributed by atoms with van der Waals surface area (Å²) in [6.07, 6.45) is 4.94. The van der Waals surface area contributed by atoms with Crippen LogP contribution in [0.3, 0.4) is 0 Å². The summed E-state index contributed by atoms with van der Waals surface area (Å²) >= 11 is -0.429. The van der Waals surface area contributed by atoms with Crippen LogP contribution in [0.5, 0.6) is 5.75 Å². The molecule has 0 radical (unpaired) electrons. The predicted molar refractivity (Wildman–Crippen MR) is 110 cm³/mol. The standard InChI is InChI=1S/C21H15F3N4O2S/c22-21(23,24)31-20-17(7-4-9-25-20)19(29)27-14-5-3-6-16(11-14)30-13-15-12-28-10-2-1-8-18(28)26-15/h1-12H,13H2,(H,27,29). The van der Waals surface area contributed by atoms with Gasteiger partial charge in [-0.3, -0.25) is 4.79 Å². The Kier molecular flexibility index (Phi) is 5.81. The molecule has 1 amide bonds. The number of carbonyl (C=O) groups is 1. The molecule has 4 aromatic rings. The van der Waals surface area contributed by atoms with E-state index >= 15 is 0 Å². The minimum atomic E-state index is -4.55. The van der Waals surface area contributed by atoms with E-state index in [9.17, 15) is 18.0 Å². The van der Waals surface area contributed by atoms with E-state index in [0.717, 1.165) is 11.3 Å². The van der Waals surface area contributed by atoms with Gasteiger partial charge in [0.1, 0.15) is 23.0 Å². The lowest BCUT2D eigenvalue weighted by molar-refractivity contribution is -0.0329. The first-order chi connectivity index (χ1) is 14.9. The number of hydrogen-bond donors (Lipinski definition) is 1. The smallest absolute Gasteiger partial charge is 0.447 e. The van der Waals surface area contributed by atoms with Crippen LogP contribution < -0.4 is 10.1 Å². The fraction of sp³-hybridized carbons (Fsp3) is 0.0952. The number of nitrogens with zero attached hydrogens (tertiary/aromatic N) is 3. The second kappa shape index (κ2) is 8.68. The molecule has 158 valence electrons. The predicted octanol–water partition coefficient (Wildman–Crippen LogP) is 5.17. The zero-order valence-electron chi connectivity index (χ0n) is 15.8. The van der Waals surface area contributed by atoms with Crippen molar-refractivity contribution >= 4 is 29.0 Å². The summed E-state index contributed by atoms with van der Waals surface area (Å²) in [7, 11) is 0. The number of aromatic nitrogens is 3. The fourth-order valence-corrected chi connectivity index (χ4v) is 3.43. The van der Waals surface area contributed by atoms with Crippen LogP contribution in [0.2, 0.25) is 0 Å². The average molecular weight is 444 g/mol. The van der Waals surface area contributed by atoms with Crippen molar-refractivity contribution in [3.8, 4) is 5.75 Å². The highest BCUT2D eigenvalue weighted by Crippen LogP contribution is 2.37. The van der Waals surface area contributed by atoms with Crippen molar-refractivity contribution in [2.24, 2.45) is 0 Å². The van der Waals surface area contributed by atoms with Crippen molar-refractivity contribution in [1.29, 1.82) is 0 Å². The van der Waals surface area contributed by atoms with Gasteiger partial charge in [0.05, 0.1) is 11.3 Å². The average Bonchev–Trinajstić information content (AvgIpc) is 3.15. The fourth-order valence-electron chi connectivity index (χ4n) is 2.83. The van der Waals surface area contributed by atoms with Gasteiger partial charge in [0.25, 0.3) is 5.91 Å². The van der Waals surface area contributed by atoms with E-state index in [2.05, 4.69) is 15.3 Å². The summed E-state index contributed by atoms with van der Waals surface area (Å²) in [6, 6.07) is 14.9. The lowest BCUT2D eigenvalue weighted by atomic mass is 10.2. The van der Waals surface area contributed by atoms with Crippen LogP contribution in [0.1, 0.15) is 16.1 Å². The number of rotatable bonds is 6. The normalized spacial score (nSPS) is 11.5. The summed E-state index contributed by atoms with van der Waals surface area (Å²) in [6.45, 7) is 0.216. The minimum Gasteiger partial charge on any atom is -0.487 e. The van der Waals surface area contributed by atoms with Crippen LogP contribution in [0.4, 0.5) is 18.9 Å². The molecule has 6 nitrogen and oxygen atoms in total. The molecule has 3 heterocycles. The molecule has 0 fully saturated rings. The lowest BCUT2D eigenvalue weighted by Gasteiger charge is -2.11. The van der Waals surface area contributed by atoms with Crippen LogP contribution in [0.15, 0.2) is 78.2 Å². The summed E-state index contributed by atoms with van der Waals surface area (Å²) < 4.78 is 45.8. The number of benzene rings is 1. The number of imidazole rings is 1. The van der Waals surface area contributed by atoms with Crippen molar-refractivity contribution in [3.05, 3.63) is 84.4 Å². The van der Waals surface area contributed by atoms with E-state index in [1.165, 1.54) is 18.3 Å². The number of nitrogens with one attached hydrogen (secondary N) is 1. The Morgan fingerprint density at radius 1 is 1.13 bits per heavy atom. The van der Waals surface area contributed by atoms with Crippen molar-refractivity contribution < 1.29 is 22.7 Å². The molecule has 10 heteroatoms. The molecule has 0 spiro atoms. The molecule has 0 atom stereocenters. The van der Waals surface area contributed by atoms with Gasteiger partial charge in [-0.2, -0.15) is 13.2 Å². The monoisotopic (exact) mass is 444 g/mol. The van der Waals surface area contributed by atoms with Gasteiger partial charge < -0.3 is 14.5 Å². The molecule has 0 aliphatic heterocycles. The van der Waals surface area contributed by atoms with Gasteiger partial charge in [0.15, 0.2) is 0 Å². The number of carbonyl (C=O) groups excluding carboxylic acids is 1. The molecule has 3 aromatic heterocycles. The van der Waals surface area contributed by atoms with Gasteiger partial charge in [-0.05, 0) is 36.4 Å². The Labute approximate surface area is 179 Å². The number of amides is 1. The SMILES string of the molecule is O=C(Nc1cccc(OCc2cn3ccccc3n2)c1)c1cccnc1SC(F)(F)F. The zero-order valence-corrected chi connectivity index (χ0v) is 16.7. The summed E-state index contributed by atoms with van der Waals surface area (Å²) in [5.41, 5.74) is -2.81. The van der Waals surface area contributed by atoms with E-state index in [1.54, 1.807) is 24.3 Å². The first-order valence-electron chi connectivity index (χ1n) is 9.05. The first-order valence-corrected chi connectivity index (χ1v) is 9.87. The van der Waals surface area contributed by atoms with E-state index in [4.69, 9.17) is 4.74 Å². The number of pyridine rings is 2. The number of fused-ring (bicyclic) bond motifs is 1. The van der Waals surface area contributed by atoms with Gasteiger partial charge in [-0.25, -0.2) is 9.97 Å². The molecule has 1 N–H and O–H groups in total. The Hall–Kier alpha value is -3.53. The quantitative estimate of drug-likeness (QED) is 0.416. The molecule has 0 saturated carbocycles. The van der Waals surface area contributed by atoms with Crippen LogP contribution in [-0.4, -0.2) is 25.8 Å². The second-order valence-electron chi connectivity index (χ2n) is 6.37. The van der Waals surface area contributed by atoms with Crippen LogP contribution >= 0.6 is 11.8 Å². The number of alkyl halides is 3. The Morgan fingerprint density at radius 2 is 2.00 bits per heavy atom. The van der Waals surface area contributed by atoms with Crippen LogP contribution in [0.25, 0.3) is 5.65 Å². The minimum absolute atomic E-state index is 0.166. The molecule has 0 aliphatic carbocycles. The van der Waals surface area contributed by atoms with Crippen molar-refractivity contribution in [2.75, 3.05) is 5.32 Å². The number of halogens is 3. The number of hydrogen-bond acceptors (Lipinski definition) is 5. The molecule has 0 bridgehead atoms. The highest BCUT2D eigenvalue weighted by atomic mass is 32.2. The summed E-state index contributed by atoms with van der Waals surface area (Å²) in [5.74, 6) is -0.219. The highest BCUT2D eigenvalue weighted by molar-refractivity contribution is 8.00. The van der Waals surface area contributed by atoms with E-state index in [-0.39, 0.29) is 12.2 Å². The van der Waals surface area contributed by atoms with Crippen molar-refractivity contribution in [3.63, 3.8) is 0 Å². The molecule has 4 rings (SSSR count). The van der Waals surface area contributed by atoms with Crippen molar-refractivity contribution in [2.45, 2.75) is 17.1 Å². The molecule has 0 saturated heterocycles. The van der Waals surface area contributed by atoms with Gasteiger partial charge >= 0.3 is 5.51 Å². The van der Waals surface area contributed by atoms with Crippen LogP contribution in [-0.2, 0) is 6.61 Å². The third kappa shape index (κ3) is 5.34. The number of anilines is 1. The molecule has 31 heavy (non-hydrogen) atoms. The maximum atomic E-state index is 12.7. The first kappa shape index (κ1) is 20.7. The molecule has 0 unspecified atom stereocenters. The molecule has 0 aliphatic rings. The topological polar surface area (TPSA) is 68.5 Å². The maximum Gasteiger partial charge on any atom is 0.447 e. The molecule has 1 aromatic carbocycles. The Morgan fingerprint density at radius 3 is 2.81 bits per heavy atom. The maximum absolute atomic E-state index is 12.7.